The van der Waals surface area contributed by atoms with Gasteiger partial charge in [0.05, 0.1) is 6.04 Å². The van der Waals surface area contributed by atoms with Crippen molar-refractivity contribution in [1.29, 1.82) is 0 Å². The molecule has 4 heteroatoms. The van der Waals surface area contributed by atoms with Crippen LogP contribution in [0.1, 0.15) is 22.7 Å². The normalized spacial score (nSPS) is 17.0. The zero-order chi connectivity index (χ0) is 13.2. The molecular weight excluding hydrogens is 318 g/mol. The van der Waals surface area contributed by atoms with E-state index in [9.17, 15) is 9.90 Å². The van der Waals surface area contributed by atoms with E-state index in [2.05, 4.69) is 6.07 Å². The van der Waals surface area contributed by atoms with Crippen LogP contribution in [0.5, 0.6) is 0 Å². The van der Waals surface area contributed by atoms with Crippen LogP contribution in [-0.2, 0) is 6.42 Å². The lowest BCUT2D eigenvalue weighted by Gasteiger charge is -2.35. The Morgan fingerprint density at radius 2 is 1.70 bits per heavy atom. The van der Waals surface area contributed by atoms with E-state index in [-0.39, 0.29) is 23.0 Å². The van der Waals surface area contributed by atoms with Crippen molar-refractivity contribution in [2.75, 3.05) is 6.54 Å². The Morgan fingerprint density at radius 1 is 1.05 bits per heavy atom. The third-order valence-corrected chi connectivity index (χ3v) is 3.64. The maximum absolute atomic E-state index is 11.5. The van der Waals surface area contributed by atoms with E-state index < -0.39 is 6.09 Å². The van der Waals surface area contributed by atoms with Crippen LogP contribution in [0.15, 0.2) is 54.6 Å². The first-order valence-corrected chi connectivity index (χ1v) is 6.39. The molecule has 104 valence electrons. The largest absolute Gasteiger partial charge is 0.465 e. The molecule has 0 radical (unpaired) electrons. The molecule has 1 heterocycles. The topological polar surface area (TPSA) is 40.5 Å². The Morgan fingerprint density at radius 3 is 2.40 bits per heavy atom. The Hall–Kier alpha value is -1.81. The van der Waals surface area contributed by atoms with Gasteiger partial charge in [0.25, 0.3) is 0 Å². The zero-order valence-electron chi connectivity index (χ0n) is 10.9. The fourth-order valence-corrected chi connectivity index (χ4v) is 2.77. The number of amides is 1. The second-order valence-corrected chi connectivity index (χ2v) is 4.74. The standard InChI is InChI=1S/C16H15NO2.BrH/c18-16(19)17-11-10-12-6-4-5-9-14(12)15(17)13-7-2-1-3-8-13;/h1-9,15H,10-11H2,(H,18,19);1H/t15-;/m1./s1. The molecule has 0 unspecified atom stereocenters. The highest BCUT2D eigenvalue weighted by Gasteiger charge is 2.31. The van der Waals surface area contributed by atoms with Crippen molar-refractivity contribution in [2.24, 2.45) is 0 Å². The fourth-order valence-electron chi connectivity index (χ4n) is 2.77. The number of carboxylic acid groups (broad SMARTS) is 1. The van der Waals surface area contributed by atoms with Gasteiger partial charge in [-0.1, -0.05) is 54.6 Å². The molecular formula is C16H16BrNO2. The van der Waals surface area contributed by atoms with Gasteiger partial charge in [0.2, 0.25) is 0 Å². The summed E-state index contributed by atoms with van der Waals surface area (Å²) in [5, 5.41) is 9.42. The molecule has 0 fully saturated rings. The molecule has 1 aliphatic heterocycles. The molecule has 1 amide bonds. The van der Waals surface area contributed by atoms with Gasteiger partial charge in [0, 0.05) is 6.54 Å². The predicted molar refractivity (Wildman–Crippen MR) is 83.5 cm³/mol. The number of benzene rings is 2. The summed E-state index contributed by atoms with van der Waals surface area (Å²) in [7, 11) is 0. The molecule has 1 atom stereocenters. The van der Waals surface area contributed by atoms with Crippen molar-refractivity contribution < 1.29 is 9.90 Å². The summed E-state index contributed by atoms with van der Waals surface area (Å²) in [6.45, 7) is 0.548. The number of nitrogens with zero attached hydrogens (tertiary/aromatic N) is 1. The van der Waals surface area contributed by atoms with Crippen molar-refractivity contribution >= 4 is 23.1 Å². The predicted octanol–water partition coefficient (Wildman–Crippen LogP) is 3.89. The summed E-state index contributed by atoms with van der Waals surface area (Å²) >= 11 is 0. The average Bonchev–Trinajstić information content (AvgIpc) is 2.46. The summed E-state index contributed by atoms with van der Waals surface area (Å²) < 4.78 is 0. The number of rotatable bonds is 1. The van der Waals surface area contributed by atoms with E-state index in [1.165, 1.54) is 10.5 Å². The van der Waals surface area contributed by atoms with Crippen molar-refractivity contribution in [2.45, 2.75) is 12.5 Å². The molecule has 3 rings (SSSR count). The molecule has 0 spiro atoms. The quantitative estimate of drug-likeness (QED) is 0.860. The fraction of sp³-hybridized carbons (Fsp3) is 0.188. The highest BCUT2D eigenvalue weighted by Crippen LogP contribution is 2.34. The molecule has 0 saturated heterocycles. The molecule has 0 aromatic heterocycles. The lowest BCUT2D eigenvalue weighted by atomic mass is 9.88. The summed E-state index contributed by atoms with van der Waals surface area (Å²) in [6.07, 6.45) is -0.0745. The van der Waals surface area contributed by atoms with Gasteiger partial charge >= 0.3 is 6.09 Å². The van der Waals surface area contributed by atoms with Gasteiger partial charge in [-0.3, -0.25) is 4.90 Å². The first kappa shape index (κ1) is 14.6. The number of carbonyl (C=O) groups is 1. The van der Waals surface area contributed by atoms with Gasteiger partial charge < -0.3 is 5.11 Å². The van der Waals surface area contributed by atoms with Crippen molar-refractivity contribution in [3.63, 3.8) is 0 Å². The third-order valence-electron chi connectivity index (χ3n) is 3.64. The van der Waals surface area contributed by atoms with Crippen LogP contribution in [-0.4, -0.2) is 22.6 Å². The smallest absolute Gasteiger partial charge is 0.408 e. The van der Waals surface area contributed by atoms with Crippen LogP contribution in [0.25, 0.3) is 0 Å². The van der Waals surface area contributed by atoms with Gasteiger partial charge in [0.1, 0.15) is 0 Å². The summed E-state index contributed by atoms with van der Waals surface area (Å²) in [5.74, 6) is 0. The van der Waals surface area contributed by atoms with Gasteiger partial charge in [0.15, 0.2) is 0 Å². The van der Waals surface area contributed by atoms with Crippen LogP contribution < -0.4 is 0 Å². The second kappa shape index (κ2) is 6.09. The van der Waals surface area contributed by atoms with Crippen molar-refractivity contribution in [3.05, 3.63) is 71.3 Å². The number of hydrogen-bond donors (Lipinski definition) is 1. The minimum Gasteiger partial charge on any atom is -0.465 e. The first-order valence-electron chi connectivity index (χ1n) is 6.39. The van der Waals surface area contributed by atoms with Crippen LogP contribution in [0, 0.1) is 0 Å². The van der Waals surface area contributed by atoms with E-state index >= 15 is 0 Å². The minimum atomic E-state index is -0.858. The highest BCUT2D eigenvalue weighted by molar-refractivity contribution is 8.93. The lowest BCUT2D eigenvalue weighted by molar-refractivity contribution is 0.129. The average molecular weight is 334 g/mol. The number of halogens is 1. The Labute approximate surface area is 128 Å². The maximum Gasteiger partial charge on any atom is 0.408 e. The van der Waals surface area contributed by atoms with Crippen molar-refractivity contribution in [1.82, 2.24) is 4.90 Å². The SMILES string of the molecule is Br.O=C(O)N1CCc2ccccc2[C@H]1c1ccccc1. The van der Waals surface area contributed by atoms with Crippen LogP contribution in [0.3, 0.4) is 0 Å². The highest BCUT2D eigenvalue weighted by atomic mass is 79.9. The first-order chi connectivity index (χ1) is 9.27. The number of fused-ring (bicyclic) bond motifs is 1. The molecule has 1 aliphatic rings. The van der Waals surface area contributed by atoms with Crippen LogP contribution in [0.2, 0.25) is 0 Å². The van der Waals surface area contributed by atoms with E-state index in [1.54, 1.807) is 0 Å². The third kappa shape index (κ3) is 2.56. The molecule has 3 nitrogen and oxygen atoms in total. The minimum absolute atomic E-state index is 0. The molecule has 1 N–H and O–H groups in total. The molecule has 0 saturated carbocycles. The van der Waals surface area contributed by atoms with Crippen LogP contribution in [0.4, 0.5) is 4.79 Å². The lowest BCUT2D eigenvalue weighted by Crippen LogP contribution is -2.39. The molecule has 0 bridgehead atoms. The van der Waals surface area contributed by atoms with E-state index in [4.69, 9.17) is 0 Å². The van der Waals surface area contributed by atoms with E-state index in [0.29, 0.717) is 6.54 Å². The van der Waals surface area contributed by atoms with Gasteiger partial charge in [-0.25, -0.2) is 4.79 Å². The Kier molecular flexibility index (Phi) is 4.45. The van der Waals surface area contributed by atoms with Crippen molar-refractivity contribution in [3.8, 4) is 0 Å². The Bertz CT molecular complexity index is 600. The van der Waals surface area contributed by atoms with Crippen LogP contribution >= 0.6 is 17.0 Å². The summed E-state index contributed by atoms with van der Waals surface area (Å²) in [4.78, 5) is 13.0. The molecule has 2 aromatic rings. The van der Waals surface area contributed by atoms with E-state index in [1.807, 2.05) is 48.5 Å². The number of hydrogen-bond acceptors (Lipinski definition) is 1. The Balaban J connectivity index is 0.00000147. The summed E-state index contributed by atoms with van der Waals surface area (Å²) in [5.41, 5.74) is 3.37. The van der Waals surface area contributed by atoms with Gasteiger partial charge in [-0.2, -0.15) is 0 Å². The summed E-state index contributed by atoms with van der Waals surface area (Å²) in [6, 6.07) is 17.7. The zero-order valence-corrected chi connectivity index (χ0v) is 12.6. The van der Waals surface area contributed by atoms with Gasteiger partial charge in [-0.05, 0) is 23.1 Å². The molecule has 0 aliphatic carbocycles. The second-order valence-electron chi connectivity index (χ2n) is 4.74. The maximum atomic E-state index is 11.5. The monoisotopic (exact) mass is 333 g/mol. The van der Waals surface area contributed by atoms with E-state index in [0.717, 1.165) is 17.5 Å². The molecule has 2 aromatic carbocycles. The van der Waals surface area contributed by atoms with Gasteiger partial charge in [-0.15, -0.1) is 17.0 Å². The molecule has 20 heavy (non-hydrogen) atoms.